The predicted molar refractivity (Wildman–Crippen MR) is 110 cm³/mol. The summed E-state index contributed by atoms with van der Waals surface area (Å²) in [5.41, 5.74) is 0.471. The second kappa shape index (κ2) is 6.99. The first-order chi connectivity index (χ1) is 13.6. The summed E-state index contributed by atoms with van der Waals surface area (Å²) in [6.45, 7) is 7.42. The van der Waals surface area contributed by atoms with Crippen LogP contribution < -0.4 is 5.32 Å². The van der Waals surface area contributed by atoms with Crippen molar-refractivity contribution in [1.82, 2.24) is 9.62 Å². The average molecular weight is 417 g/mol. The Morgan fingerprint density at radius 2 is 2.00 bits per heavy atom. The summed E-state index contributed by atoms with van der Waals surface area (Å²) >= 11 is 0. The summed E-state index contributed by atoms with van der Waals surface area (Å²) in [6.07, 6.45) is 4.34. The van der Waals surface area contributed by atoms with E-state index in [0.29, 0.717) is 17.9 Å². The van der Waals surface area contributed by atoms with Gasteiger partial charge in [0.25, 0.3) is 5.91 Å². The molecule has 6 nitrogen and oxygen atoms in total. The van der Waals surface area contributed by atoms with E-state index >= 15 is 0 Å². The molecule has 156 valence electrons. The number of carbonyl (C=O) groups excluding carboxylic acids is 1. The lowest BCUT2D eigenvalue weighted by Gasteiger charge is -2.39. The van der Waals surface area contributed by atoms with Crippen LogP contribution in [0, 0.1) is 10.8 Å². The van der Waals surface area contributed by atoms with E-state index in [1.54, 1.807) is 40.9 Å². The van der Waals surface area contributed by atoms with E-state index in [2.05, 4.69) is 26.1 Å². The first-order valence-electron chi connectivity index (χ1n) is 10.0. The van der Waals surface area contributed by atoms with Gasteiger partial charge in [-0.05, 0) is 60.4 Å². The third kappa shape index (κ3) is 3.98. The smallest absolute Gasteiger partial charge is 0.251 e. The summed E-state index contributed by atoms with van der Waals surface area (Å²) in [5.74, 6) is 0.314. The molecule has 2 aromatic rings. The van der Waals surface area contributed by atoms with E-state index in [9.17, 15) is 13.2 Å². The Morgan fingerprint density at radius 3 is 2.72 bits per heavy atom. The Balaban J connectivity index is 1.55. The number of nitrogens with one attached hydrogen (secondary N) is 1. The summed E-state index contributed by atoms with van der Waals surface area (Å²) < 4.78 is 33.7. The number of fused-ring (bicyclic) bond motifs is 2. The maximum absolute atomic E-state index is 13.4. The van der Waals surface area contributed by atoms with Crippen molar-refractivity contribution in [2.45, 2.75) is 57.5 Å². The zero-order chi connectivity index (χ0) is 20.9. The third-order valence-electron chi connectivity index (χ3n) is 6.07. The van der Waals surface area contributed by atoms with Crippen molar-refractivity contribution >= 4 is 15.9 Å². The van der Waals surface area contributed by atoms with E-state index in [1.807, 2.05) is 0 Å². The maximum Gasteiger partial charge on any atom is 0.251 e. The first kappa shape index (κ1) is 20.2. The zero-order valence-electron chi connectivity index (χ0n) is 17.1. The molecule has 1 saturated heterocycles. The van der Waals surface area contributed by atoms with Crippen molar-refractivity contribution < 1.29 is 17.6 Å². The Hall–Kier alpha value is -2.12. The fraction of sp³-hybridized carbons (Fsp3) is 0.500. The highest BCUT2D eigenvalue weighted by molar-refractivity contribution is 7.89. The van der Waals surface area contributed by atoms with Crippen LogP contribution in [-0.4, -0.2) is 31.2 Å². The van der Waals surface area contributed by atoms with E-state index in [-0.39, 0.29) is 34.2 Å². The number of nitrogens with zero attached hydrogens (tertiary/aromatic N) is 1. The SMILES string of the molecule is CC1(C)C[C@H]2C[C@](C)(CN2S(=O)(=O)c2cccc(C(=O)NCc3ccco3)c2)C1. The van der Waals surface area contributed by atoms with Gasteiger partial charge < -0.3 is 9.73 Å². The Bertz CT molecular complexity index is 1010. The number of sulfonamides is 1. The van der Waals surface area contributed by atoms with Crippen LogP contribution >= 0.6 is 0 Å². The molecule has 2 fully saturated rings. The number of benzene rings is 1. The van der Waals surface area contributed by atoms with E-state index in [0.717, 1.165) is 19.3 Å². The topological polar surface area (TPSA) is 79.6 Å². The Morgan fingerprint density at radius 1 is 1.21 bits per heavy atom. The minimum Gasteiger partial charge on any atom is -0.467 e. The third-order valence-corrected chi connectivity index (χ3v) is 7.97. The molecule has 0 spiro atoms. The van der Waals surface area contributed by atoms with Gasteiger partial charge in [0.15, 0.2) is 0 Å². The molecular formula is C22H28N2O4S. The number of amides is 1. The van der Waals surface area contributed by atoms with Crippen LogP contribution in [0.1, 0.15) is 56.2 Å². The molecule has 1 aliphatic heterocycles. The van der Waals surface area contributed by atoms with Crippen molar-refractivity contribution in [2.75, 3.05) is 6.54 Å². The zero-order valence-corrected chi connectivity index (χ0v) is 18.0. The molecular weight excluding hydrogens is 388 g/mol. The Kier molecular flexibility index (Phi) is 4.86. The summed E-state index contributed by atoms with van der Waals surface area (Å²) in [7, 11) is -3.66. The van der Waals surface area contributed by atoms with Crippen molar-refractivity contribution in [1.29, 1.82) is 0 Å². The molecule has 2 bridgehead atoms. The van der Waals surface area contributed by atoms with Gasteiger partial charge in [0.2, 0.25) is 10.0 Å². The highest BCUT2D eigenvalue weighted by Gasteiger charge is 2.53. The lowest BCUT2D eigenvalue weighted by molar-refractivity contribution is 0.0947. The molecule has 29 heavy (non-hydrogen) atoms. The number of hydrogen-bond acceptors (Lipinski definition) is 4. The van der Waals surface area contributed by atoms with Gasteiger partial charge in [0.05, 0.1) is 17.7 Å². The summed E-state index contributed by atoms with van der Waals surface area (Å²) in [6, 6.07) is 9.85. The molecule has 1 aromatic carbocycles. The van der Waals surface area contributed by atoms with Crippen LogP contribution in [0.5, 0.6) is 0 Å². The van der Waals surface area contributed by atoms with Crippen LogP contribution in [-0.2, 0) is 16.6 Å². The monoisotopic (exact) mass is 416 g/mol. The highest BCUT2D eigenvalue weighted by atomic mass is 32.2. The molecule has 1 saturated carbocycles. The quantitative estimate of drug-likeness (QED) is 0.804. The molecule has 1 aliphatic carbocycles. The van der Waals surface area contributed by atoms with Crippen molar-refractivity contribution in [3.8, 4) is 0 Å². The van der Waals surface area contributed by atoms with E-state index in [1.165, 1.54) is 6.07 Å². The van der Waals surface area contributed by atoms with E-state index in [4.69, 9.17) is 4.42 Å². The van der Waals surface area contributed by atoms with Gasteiger partial charge in [-0.15, -0.1) is 0 Å². The number of carbonyl (C=O) groups is 1. The lowest BCUT2D eigenvalue weighted by atomic mass is 9.65. The summed E-state index contributed by atoms with van der Waals surface area (Å²) in [5, 5.41) is 2.76. The molecule has 1 N–H and O–H groups in total. The molecule has 2 atom stereocenters. The second-order valence-electron chi connectivity index (χ2n) is 9.55. The van der Waals surface area contributed by atoms with Crippen LogP contribution in [0.2, 0.25) is 0 Å². The first-order valence-corrected chi connectivity index (χ1v) is 11.4. The van der Waals surface area contributed by atoms with Gasteiger partial charge in [-0.3, -0.25) is 4.79 Å². The number of rotatable bonds is 5. The molecule has 7 heteroatoms. The van der Waals surface area contributed by atoms with Crippen LogP contribution in [0.4, 0.5) is 0 Å². The second-order valence-corrected chi connectivity index (χ2v) is 11.4. The number of hydrogen-bond donors (Lipinski definition) is 1. The van der Waals surface area contributed by atoms with Crippen LogP contribution in [0.25, 0.3) is 0 Å². The molecule has 2 heterocycles. The minimum absolute atomic E-state index is 0.0114. The standard InChI is InChI=1S/C22H28N2O4S/c1-21(2)11-17-12-22(3,14-21)15-24(17)29(26,27)19-8-4-6-16(10-19)20(25)23-13-18-7-5-9-28-18/h4-10,17H,11-15H2,1-3H3,(H,23,25)/t17-,22-/m0/s1. The fourth-order valence-corrected chi connectivity index (χ4v) is 7.13. The molecule has 4 rings (SSSR count). The van der Waals surface area contributed by atoms with Crippen molar-refractivity contribution in [3.05, 3.63) is 54.0 Å². The number of furan rings is 1. The average Bonchev–Trinajstić information content (AvgIpc) is 3.24. The van der Waals surface area contributed by atoms with E-state index < -0.39 is 10.0 Å². The normalized spacial score (nSPS) is 26.4. The molecule has 2 aliphatic rings. The molecule has 0 unspecified atom stereocenters. The largest absolute Gasteiger partial charge is 0.467 e. The molecule has 1 amide bonds. The summed E-state index contributed by atoms with van der Waals surface area (Å²) in [4.78, 5) is 12.7. The van der Waals surface area contributed by atoms with Crippen LogP contribution in [0.15, 0.2) is 52.0 Å². The molecule has 0 radical (unpaired) electrons. The maximum atomic E-state index is 13.4. The van der Waals surface area contributed by atoms with Gasteiger partial charge in [-0.25, -0.2) is 8.42 Å². The van der Waals surface area contributed by atoms with Crippen molar-refractivity contribution in [3.63, 3.8) is 0 Å². The Labute approximate surface area is 172 Å². The fourth-order valence-electron chi connectivity index (χ4n) is 5.30. The van der Waals surface area contributed by atoms with Crippen LogP contribution in [0.3, 0.4) is 0 Å². The van der Waals surface area contributed by atoms with Gasteiger partial charge in [0.1, 0.15) is 5.76 Å². The highest BCUT2D eigenvalue weighted by Crippen LogP contribution is 2.53. The van der Waals surface area contributed by atoms with Crippen molar-refractivity contribution in [2.24, 2.45) is 10.8 Å². The van der Waals surface area contributed by atoms with Gasteiger partial charge in [-0.1, -0.05) is 26.8 Å². The van der Waals surface area contributed by atoms with Gasteiger partial charge in [0, 0.05) is 18.2 Å². The minimum atomic E-state index is -3.66. The lowest BCUT2D eigenvalue weighted by Crippen LogP contribution is -2.37. The van der Waals surface area contributed by atoms with Gasteiger partial charge in [-0.2, -0.15) is 4.31 Å². The predicted octanol–water partition coefficient (Wildman–Crippen LogP) is 3.80. The molecule has 1 aromatic heterocycles. The van der Waals surface area contributed by atoms with Gasteiger partial charge >= 0.3 is 0 Å².